The quantitative estimate of drug-likeness (QED) is 0.553. The van der Waals surface area contributed by atoms with Crippen LogP contribution in [0.3, 0.4) is 0 Å². The van der Waals surface area contributed by atoms with Crippen LogP contribution >= 0.6 is 0 Å². The maximum absolute atomic E-state index is 13.1. The third kappa shape index (κ3) is 5.74. The highest BCUT2D eigenvalue weighted by Gasteiger charge is 2.26. The summed E-state index contributed by atoms with van der Waals surface area (Å²) in [6.45, 7) is 3.48. The highest BCUT2D eigenvalue weighted by atomic mass is 16.5. The Balaban J connectivity index is 1.34. The molecular weight excluding hydrogens is 386 g/mol. The van der Waals surface area contributed by atoms with Crippen molar-refractivity contribution in [3.63, 3.8) is 0 Å². The van der Waals surface area contributed by atoms with Gasteiger partial charge in [-0.25, -0.2) is 0 Å². The zero-order valence-corrected chi connectivity index (χ0v) is 17.7. The molecule has 31 heavy (non-hydrogen) atoms. The summed E-state index contributed by atoms with van der Waals surface area (Å²) in [4.78, 5) is 15.6. The van der Waals surface area contributed by atoms with E-state index in [9.17, 15) is 9.90 Å². The summed E-state index contributed by atoms with van der Waals surface area (Å²) in [5.41, 5.74) is 3.06. The molecule has 1 saturated heterocycles. The van der Waals surface area contributed by atoms with Gasteiger partial charge in [-0.1, -0.05) is 72.8 Å². The lowest BCUT2D eigenvalue weighted by atomic mass is 9.91. The van der Waals surface area contributed by atoms with Crippen molar-refractivity contribution in [3.8, 4) is 5.75 Å². The van der Waals surface area contributed by atoms with Gasteiger partial charge in [0.15, 0.2) is 0 Å². The van der Waals surface area contributed by atoms with Crippen LogP contribution in [-0.4, -0.2) is 35.7 Å². The van der Waals surface area contributed by atoms with Crippen molar-refractivity contribution in [2.75, 3.05) is 19.7 Å². The Morgan fingerprint density at radius 2 is 1.45 bits per heavy atom. The number of rotatable bonds is 7. The van der Waals surface area contributed by atoms with Gasteiger partial charge >= 0.3 is 5.97 Å². The Morgan fingerprint density at radius 3 is 2.10 bits per heavy atom. The highest BCUT2D eigenvalue weighted by Crippen LogP contribution is 2.28. The predicted octanol–water partition coefficient (Wildman–Crippen LogP) is 4.98. The smallest absolute Gasteiger partial charge is 0.317 e. The van der Waals surface area contributed by atoms with E-state index in [0.29, 0.717) is 12.5 Å². The van der Waals surface area contributed by atoms with Crippen LogP contribution in [0.4, 0.5) is 0 Å². The number of phenols is 1. The number of aromatic hydroxyl groups is 1. The molecule has 1 heterocycles. The second-order valence-corrected chi connectivity index (χ2v) is 8.27. The lowest BCUT2D eigenvalue weighted by molar-refractivity contribution is -0.146. The van der Waals surface area contributed by atoms with Crippen molar-refractivity contribution >= 4 is 5.97 Å². The van der Waals surface area contributed by atoms with Gasteiger partial charge in [-0.2, -0.15) is 0 Å². The van der Waals surface area contributed by atoms with Crippen molar-refractivity contribution in [1.29, 1.82) is 0 Å². The Bertz CT molecular complexity index is 949. The first-order valence-electron chi connectivity index (χ1n) is 11.0. The van der Waals surface area contributed by atoms with E-state index in [2.05, 4.69) is 29.2 Å². The molecular formula is C27H29NO3. The third-order valence-electron chi connectivity index (χ3n) is 6.01. The summed E-state index contributed by atoms with van der Waals surface area (Å²) in [7, 11) is 0. The molecule has 0 aliphatic carbocycles. The molecule has 1 unspecified atom stereocenters. The van der Waals surface area contributed by atoms with E-state index in [-0.39, 0.29) is 11.7 Å². The molecule has 1 atom stereocenters. The molecule has 4 rings (SSSR count). The Kier molecular flexibility index (Phi) is 7.00. The van der Waals surface area contributed by atoms with E-state index in [1.54, 1.807) is 24.3 Å². The first-order valence-corrected chi connectivity index (χ1v) is 11.0. The minimum Gasteiger partial charge on any atom is -0.508 e. The van der Waals surface area contributed by atoms with E-state index in [4.69, 9.17) is 4.74 Å². The monoisotopic (exact) mass is 415 g/mol. The van der Waals surface area contributed by atoms with Crippen LogP contribution in [0.1, 0.15) is 35.4 Å². The first kappa shape index (κ1) is 21.1. The Hall–Kier alpha value is -3.11. The average molecular weight is 416 g/mol. The fourth-order valence-electron chi connectivity index (χ4n) is 4.21. The molecule has 3 aromatic carbocycles. The molecule has 1 fully saturated rings. The number of piperidine rings is 1. The zero-order chi connectivity index (χ0) is 21.5. The SMILES string of the molecule is O=C(OCC1CCN(Cc2ccccc2)CC1)C(c1ccccc1)c1ccc(O)cc1. The molecule has 3 aromatic rings. The minimum atomic E-state index is -0.486. The highest BCUT2D eigenvalue weighted by molar-refractivity contribution is 5.82. The molecule has 1 N–H and O–H groups in total. The van der Waals surface area contributed by atoms with Gasteiger partial charge in [0.2, 0.25) is 0 Å². The van der Waals surface area contributed by atoms with Gasteiger partial charge in [-0.05, 0) is 60.7 Å². The number of phenolic OH excluding ortho intramolecular Hbond substituents is 1. The van der Waals surface area contributed by atoms with Crippen molar-refractivity contribution < 1.29 is 14.6 Å². The van der Waals surface area contributed by atoms with Gasteiger partial charge in [0.1, 0.15) is 11.7 Å². The Labute approximate surface area is 184 Å². The van der Waals surface area contributed by atoms with Gasteiger partial charge in [0.05, 0.1) is 6.61 Å². The summed E-state index contributed by atoms with van der Waals surface area (Å²) >= 11 is 0. The van der Waals surface area contributed by atoms with Gasteiger partial charge in [-0.15, -0.1) is 0 Å². The van der Waals surface area contributed by atoms with Crippen molar-refractivity contribution in [1.82, 2.24) is 4.90 Å². The van der Waals surface area contributed by atoms with Crippen LogP contribution in [0.25, 0.3) is 0 Å². The summed E-state index contributed by atoms with van der Waals surface area (Å²) in [6, 6.07) is 27.0. The number of nitrogens with zero attached hydrogens (tertiary/aromatic N) is 1. The number of esters is 1. The fourth-order valence-corrected chi connectivity index (χ4v) is 4.21. The molecule has 0 saturated carbocycles. The number of carbonyl (C=O) groups excluding carboxylic acids is 1. The largest absolute Gasteiger partial charge is 0.508 e. The van der Waals surface area contributed by atoms with Gasteiger partial charge in [0.25, 0.3) is 0 Å². The Morgan fingerprint density at radius 1 is 0.871 bits per heavy atom. The molecule has 0 bridgehead atoms. The van der Waals surface area contributed by atoms with Crippen LogP contribution in [0.5, 0.6) is 5.75 Å². The second-order valence-electron chi connectivity index (χ2n) is 8.27. The molecule has 0 spiro atoms. The number of carbonyl (C=O) groups is 1. The topological polar surface area (TPSA) is 49.8 Å². The summed E-state index contributed by atoms with van der Waals surface area (Å²) in [6.07, 6.45) is 2.07. The van der Waals surface area contributed by atoms with Crippen LogP contribution in [0.15, 0.2) is 84.9 Å². The van der Waals surface area contributed by atoms with E-state index in [1.165, 1.54) is 5.56 Å². The number of hydrogen-bond donors (Lipinski definition) is 1. The van der Waals surface area contributed by atoms with Gasteiger partial charge in [0, 0.05) is 6.54 Å². The number of hydrogen-bond acceptors (Lipinski definition) is 4. The summed E-state index contributed by atoms with van der Waals surface area (Å²) in [5, 5.41) is 9.62. The molecule has 4 heteroatoms. The molecule has 0 radical (unpaired) electrons. The van der Waals surface area contributed by atoms with Crippen molar-refractivity contribution in [2.24, 2.45) is 5.92 Å². The molecule has 160 valence electrons. The van der Waals surface area contributed by atoms with E-state index in [1.807, 2.05) is 36.4 Å². The van der Waals surface area contributed by atoms with Crippen LogP contribution in [0, 0.1) is 5.92 Å². The van der Waals surface area contributed by atoms with Crippen molar-refractivity contribution in [2.45, 2.75) is 25.3 Å². The van der Waals surface area contributed by atoms with Crippen LogP contribution < -0.4 is 0 Å². The average Bonchev–Trinajstić information content (AvgIpc) is 2.81. The lowest BCUT2D eigenvalue weighted by Gasteiger charge is -2.32. The molecule has 4 nitrogen and oxygen atoms in total. The molecule has 0 amide bonds. The van der Waals surface area contributed by atoms with Gasteiger partial charge < -0.3 is 9.84 Å². The zero-order valence-electron chi connectivity index (χ0n) is 17.7. The number of ether oxygens (including phenoxy) is 1. The second kappa shape index (κ2) is 10.3. The summed E-state index contributed by atoms with van der Waals surface area (Å²) in [5.74, 6) is -0.137. The molecule has 1 aliphatic rings. The lowest BCUT2D eigenvalue weighted by Crippen LogP contribution is -2.35. The van der Waals surface area contributed by atoms with E-state index in [0.717, 1.165) is 43.6 Å². The number of likely N-dealkylation sites (tertiary alicyclic amines) is 1. The normalized spacial score (nSPS) is 16.0. The molecule has 0 aromatic heterocycles. The predicted molar refractivity (Wildman–Crippen MR) is 122 cm³/mol. The number of benzene rings is 3. The fraction of sp³-hybridized carbons (Fsp3) is 0.296. The first-order chi connectivity index (χ1) is 15.2. The maximum atomic E-state index is 13.1. The van der Waals surface area contributed by atoms with Crippen molar-refractivity contribution in [3.05, 3.63) is 102 Å². The van der Waals surface area contributed by atoms with Gasteiger partial charge in [-0.3, -0.25) is 9.69 Å². The van der Waals surface area contributed by atoms with Crippen LogP contribution in [-0.2, 0) is 16.1 Å². The van der Waals surface area contributed by atoms with E-state index < -0.39 is 5.92 Å². The summed E-state index contributed by atoms with van der Waals surface area (Å²) < 4.78 is 5.82. The third-order valence-corrected chi connectivity index (χ3v) is 6.01. The minimum absolute atomic E-state index is 0.186. The standard InChI is InChI=1S/C27H29NO3/c29-25-13-11-24(12-14-25)26(23-9-5-2-6-10-23)27(30)31-20-22-15-17-28(18-16-22)19-21-7-3-1-4-8-21/h1-14,22,26,29H,15-20H2. The molecule has 1 aliphatic heterocycles. The van der Waals surface area contributed by atoms with Crippen LogP contribution in [0.2, 0.25) is 0 Å². The van der Waals surface area contributed by atoms with E-state index >= 15 is 0 Å². The maximum Gasteiger partial charge on any atom is 0.317 e.